The fourth-order valence-corrected chi connectivity index (χ4v) is 6.25. The lowest BCUT2D eigenvalue weighted by Gasteiger charge is -2.56. The molecule has 0 aromatic rings. The number of nitrogens with zero attached hydrogens (tertiary/aromatic N) is 1. The Balaban J connectivity index is 6.70. The van der Waals surface area contributed by atoms with Crippen LogP contribution in [0.3, 0.4) is 0 Å². The highest BCUT2D eigenvalue weighted by atomic mass is 16.6. The smallest absolute Gasteiger partial charge is 0.0927 e. The van der Waals surface area contributed by atoms with Gasteiger partial charge in [0.05, 0.1) is 117 Å². The average molecular weight is 802 g/mol. The summed E-state index contributed by atoms with van der Waals surface area (Å²) in [5.74, 6) is 0. The van der Waals surface area contributed by atoms with Crippen LogP contribution in [0.15, 0.2) is 0 Å². The molecule has 18 heteroatoms. The highest BCUT2D eigenvalue weighted by molar-refractivity contribution is 5.09. The monoisotopic (exact) mass is 802 g/mol. The largest absolute Gasteiger partial charge is 0.380 e. The van der Waals surface area contributed by atoms with Gasteiger partial charge in [-0.25, -0.2) is 0 Å². The molecule has 0 aliphatic rings. The molecule has 0 fully saturated rings. The van der Waals surface area contributed by atoms with Gasteiger partial charge in [-0.05, 0) is 25.7 Å². The zero-order valence-electron chi connectivity index (χ0n) is 34.4. The molecule has 332 valence electrons. The molecular formula is C37H83N7O11. The van der Waals surface area contributed by atoms with Gasteiger partial charge in [-0.2, -0.15) is 0 Å². The van der Waals surface area contributed by atoms with Gasteiger partial charge in [0.15, 0.2) is 0 Å². The van der Waals surface area contributed by atoms with Crippen LogP contribution in [0, 0.1) is 0 Å². The van der Waals surface area contributed by atoms with Crippen LogP contribution in [0.1, 0.15) is 38.5 Å². The summed E-state index contributed by atoms with van der Waals surface area (Å²) in [6, 6.07) is 0. The molecule has 0 bridgehead atoms. The summed E-state index contributed by atoms with van der Waals surface area (Å²) in [5, 5.41) is 0. The van der Waals surface area contributed by atoms with Gasteiger partial charge in [-0.1, -0.05) is 0 Å². The number of rotatable bonds is 47. The zero-order valence-corrected chi connectivity index (χ0v) is 34.4. The van der Waals surface area contributed by atoms with Crippen molar-refractivity contribution in [2.24, 2.45) is 34.4 Å². The minimum absolute atomic E-state index is 0.350. The Labute approximate surface area is 332 Å². The first kappa shape index (κ1) is 54.3. The molecule has 0 aliphatic carbocycles. The van der Waals surface area contributed by atoms with E-state index in [1.807, 2.05) is 0 Å². The SMILES string of the molecule is COC(CCOCCOCCN)(CCOCCOCCOCCN)C(CCCCOCCN)(COCCOCCN)N(CCCOCCN)CCOCCN. The first-order valence-electron chi connectivity index (χ1n) is 20.4. The maximum Gasteiger partial charge on any atom is 0.0927 e. The third-order valence-electron chi connectivity index (χ3n) is 8.90. The number of unbranched alkanes of at least 4 members (excludes halogenated alkanes) is 1. The lowest BCUT2D eigenvalue weighted by molar-refractivity contribution is -0.190. The van der Waals surface area contributed by atoms with E-state index in [1.165, 1.54) is 0 Å². The average Bonchev–Trinajstić information content (AvgIpc) is 3.20. The number of methoxy groups -OCH3 is 1. The van der Waals surface area contributed by atoms with Crippen molar-refractivity contribution in [1.29, 1.82) is 0 Å². The molecule has 18 nitrogen and oxygen atoms in total. The third kappa shape index (κ3) is 27.6. The lowest BCUT2D eigenvalue weighted by atomic mass is 9.70. The maximum atomic E-state index is 6.78. The van der Waals surface area contributed by atoms with Crippen molar-refractivity contribution in [2.45, 2.75) is 49.7 Å². The molecule has 2 atom stereocenters. The van der Waals surface area contributed by atoms with Gasteiger partial charge >= 0.3 is 0 Å². The first-order chi connectivity index (χ1) is 27.1. The highest BCUT2D eigenvalue weighted by Gasteiger charge is 2.54. The van der Waals surface area contributed by atoms with Crippen LogP contribution >= 0.6 is 0 Å². The van der Waals surface area contributed by atoms with E-state index in [0.717, 1.165) is 25.7 Å². The predicted molar refractivity (Wildman–Crippen MR) is 214 cm³/mol. The van der Waals surface area contributed by atoms with E-state index in [9.17, 15) is 0 Å². The van der Waals surface area contributed by atoms with Gasteiger partial charge in [0, 0.05) is 98.7 Å². The molecule has 0 aromatic carbocycles. The molecule has 0 radical (unpaired) electrons. The first-order valence-corrected chi connectivity index (χ1v) is 20.4. The van der Waals surface area contributed by atoms with E-state index >= 15 is 0 Å². The Morgan fingerprint density at radius 2 is 0.709 bits per heavy atom. The molecule has 2 unspecified atom stereocenters. The number of ether oxygens (including phenoxy) is 11. The third-order valence-corrected chi connectivity index (χ3v) is 8.90. The summed E-state index contributed by atoms with van der Waals surface area (Å²) >= 11 is 0. The van der Waals surface area contributed by atoms with Gasteiger partial charge in [0.25, 0.3) is 0 Å². The van der Waals surface area contributed by atoms with Crippen molar-refractivity contribution in [3.63, 3.8) is 0 Å². The van der Waals surface area contributed by atoms with Crippen LogP contribution in [0.25, 0.3) is 0 Å². The van der Waals surface area contributed by atoms with Crippen molar-refractivity contribution >= 4 is 0 Å². The van der Waals surface area contributed by atoms with E-state index in [4.69, 9.17) is 86.5 Å². The maximum absolute atomic E-state index is 6.78. The van der Waals surface area contributed by atoms with Gasteiger partial charge < -0.3 is 86.5 Å². The Kier molecular flexibility index (Phi) is 40.9. The molecule has 0 saturated carbocycles. The molecular weight excluding hydrogens is 718 g/mol. The molecule has 12 N–H and O–H groups in total. The van der Waals surface area contributed by atoms with Crippen LogP contribution in [-0.2, 0) is 52.1 Å². The van der Waals surface area contributed by atoms with Crippen LogP contribution in [0.2, 0.25) is 0 Å². The Morgan fingerprint density at radius 3 is 1.15 bits per heavy atom. The summed E-state index contributed by atoms with van der Waals surface area (Å²) < 4.78 is 65.7. The van der Waals surface area contributed by atoms with Crippen LogP contribution < -0.4 is 34.4 Å². The van der Waals surface area contributed by atoms with Crippen molar-refractivity contribution in [3.05, 3.63) is 0 Å². The van der Waals surface area contributed by atoms with E-state index < -0.39 is 11.1 Å². The molecule has 55 heavy (non-hydrogen) atoms. The van der Waals surface area contributed by atoms with E-state index in [2.05, 4.69) is 4.90 Å². The molecule has 0 saturated heterocycles. The lowest BCUT2D eigenvalue weighted by Crippen LogP contribution is -2.69. The minimum atomic E-state index is -0.801. The van der Waals surface area contributed by atoms with Crippen LogP contribution in [0.4, 0.5) is 0 Å². The normalized spacial score (nSPS) is 14.2. The van der Waals surface area contributed by atoms with Gasteiger partial charge in [-0.15, -0.1) is 0 Å². The Hall–Kier alpha value is -0.720. The second-order valence-corrected chi connectivity index (χ2v) is 12.8. The summed E-state index contributed by atoms with van der Waals surface area (Å²) in [4.78, 5) is 2.45. The molecule has 0 heterocycles. The Bertz CT molecular complexity index is 758. The van der Waals surface area contributed by atoms with Gasteiger partial charge in [0.2, 0.25) is 0 Å². The molecule has 0 spiro atoms. The fourth-order valence-electron chi connectivity index (χ4n) is 6.25. The highest BCUT2D eigenvalue weighted by Crippen LogP contribution is 2.42. The quantitative estimate of drug-likeness (QED) is 0.0390. The predicted octanol–water partition coefficient (Wildman–Crippen LogP) is -1.33. The zero-order chi connectivity index (χ0) is 40.4. The van der Waals surface area contributed by atoms with Crippen molar-refractivity contribution in [1.82, 2.24) is 4.90 Å². The summed E-state index contributed by atoms with van der Waals surface area (Å²) in [5.41, 5.74) is 32.5. The Morgan fingerprint density at radius 1 is 0.345 bits per heavy atom. The molecule has 0 rings (SSSR count). The summed E-state index contributed by atoms with van der Waals surface area (Å²) in [7, 11) is 1.77. The van der Waals surface area contributed by atoms with Crippen LogP contribution in [-0.4, -0.2) is 208 Å². The minimum Gasteiger partial charge on any atom is -0.380 e. The van der Waals surface area contributed by atoms with E-state index in [0.29, 0.717) is 197 Å². The summed E-state index contributed by atoms with van der Waals surface area (Å²) in [6.07, 6.45) is 4.26. The van der Waals surface area contributed by atoms with Gasteiger partial charge in [-0.3, -0.25) is 4.90 Å². The number of hydrogen-bond donors (Lipinski definition) is 6. The number of hydrogen-bond acceptors (Lipinski definition) is 18. The molecule has 0 aliphatic heterocycles. The van der Waals surface area contributed by atoms with Crippen molar-refractivity contribution in [2.75, 3.05) is 192 Å². The summed E-state index contributed by atoms with van der Waals surface area (Å²) in [6.45, 7) is 13.3. The van der Waals surface area contributed by atoms with E-state index in [-0.39, 0.29) is 0 Å². The van der Waals surface area contributed by atoms with Crippen molar-refractivity contribution < 1.29 is 52.1 Å². The van der Waals surface area contributed by atoms with Gasteiger partial charge in [0.1, 0.15) is 0 Å². The number of nitrogens with two attached hydrogens (primary N) is 6. The topological polar surface area (TPSA) is 261 Å². The van der Waals surface area contributed by atoms with Crippen molar-refractivity contribution in [3.8, 4) is 0 Å². The molecule has 0 amide bonds. The van der Waals surface area contributed by atoms with Crippen LogP contribution in [0.5, 0.6) is 0 Å². The second-order valence-electron chi connectivity index (χ2n) is 12.8. The fraction of sp³-hybridized carbons (Fsp3) is 1.00. The van der Waals surface area contributed by atoms with E-state index in [1.54, 1.807) is 7.11 Å². The standard InChI is InChI=1S/C37H83N7O11/c1-45-37(6-18-48-27-29-51-23-11-41,7-19-49-28-31-54-32-30-52-24-12-42)36(5-2-3-16-46-20-8-38,35-55-34-33-53-25-13-43)44(15-26-50-22-10-40)14-4-17-47-21-9-39/h2-35,38-43H2,1H3. The second kappa shape index (κ2) is 41.4. The molecule has 0 aromatic heterocycles.